The number of hydrogen-bond donors (Lipinski definition) is 2. The Hall–Kier alpha value is -1.55. The van der Waals surface area contributed by atoms with Gasteiger partial charge in [-0.2, -0.15) is 0 Å². The van der Waals surface area contributed by atoms with Crippen molar-refractivity contribution < 1.29 is 14.6 Å². The summed E-state index contributed by atoms with van der Waals surface area (Å²) in [4.78, 5) is 12.2. The van der Waals surface area contributed by atoms with Crippen LogP contribution in [0.2, 0.25) is 0 Å². The van der Waals surface area contributed by atoms with Crippen LogP contribution in [0, 0.1) is 12.3 Å². The predicted octanol–water partition coefficient (Wildman–Crippen LogP) is 2.68. The van der Waals surface area contributed by atoms with E-state index in [0.29, 0.717) is 12.2 Å². The first kappa shape index (κ1) is 17.5. The van der Waals surface area contributed by atoms with Gasteiger partial charge in [0.2, 0.25) is 0 Å². The van der Waals surface area contributed by atoms with Crippen molar-refractivity contribution in [3.8, 4) is 5.75 Å². The van der Waals surface area contributed by atoms with Crippen LogP contribution >= 0.6 is 0 Å². The first-order valence-electron chi connectivity index (χ1n) is 7.38. The highest BCUT2D eigenvalue weighted by Gasteiger charge is 2.27. The van der Waals surface area contributed by atoms with Crippen LogP contribution in [-0.2, 0) is 4.79 Å². The number of ether oxygens (including phenoxy) is 1. The van der Waals surface area contributed by atoms with Gasteiger partial charge in [0.25, 0.3) is 5.91 Å². The fraction of sp³-hybridized carbons (Fsp3) is 0.588. The van der Waals surface area contributed by atoms with Crippen molar-refractivity contribution in [2.45, 2.75) is 53.2 Å². The SMILES string of the molecule is Cc1cccc(OC(C)C(=O)NC(CCO)C(C)(C)C)c1. The van der Waals surface area contributed by atoms with E-state index >= 15 is 0 Å². The van der Waals surface area contributed by atoms with Gasteiger partial charge in [-0.05, 0) is 43.4 Å². The Morgan fingerprint density at radius 1 is 1.38 bits per heavy atom. The van der Waals surface area contributed by atoms with Gasteiger partial charge in [0, 0.05) is 12.6 Å². The maximum absolute atomic E-state index is 12.2. The van der Waals surface area contributed by atoms with E-state index in [9.17, 15) is 4.79 Å². The molecule has 0 aliphatic heterocycles. The maximum Gasteiger partial charge on any atom is 0.261 e. The summed E-state index contributed by atoms with van der Waals surface area (Å²) < 4.78 is 5.67. The molecule has 1 rings (SSSR count). The molecular weight excluding hydrogens is 266 g/mol. The molecule has 2 atom stereocenters. The van der Waals surface area contributed by atoms with Crippen LogP contribution in [0.25, 0.3) is 0 Å². The summed E-state index contributed by atoms with van der Waals surface area (Å²) in [6, 6.07) is 7.54. The lowest BCUT2D eigenvalue weighted by Gasteiger charge is -2.32. The van der Waals surface area contributed by atoms with Crippen molar-refractivity contribution in [2.75, 3.05) is 6.61 Å². The van der Waals surface area contributed by atoms with Gasteiger partial charge in [0.05, 0.1) is 0 Å². The van der Waals surface area contributed by atoms with E-state index in [0.717, 1.165) is 5.56 Å². The molecule has 0 aliphatic carbocycles. The van der Waals surface area contributed by atoms with Crippen molar-refractivity contribution in [3.63, 3.8) is 0 Å². The molecule has 2 N–H and O–H groups in total. The number of nitrogens with one attached hydrogen (secondary N) is 1. The summed E-state index contributed by atoms with van der Waals surface area (Å²) in [7, 11) is 0. The average Bonchev–Trinajstić information content (AvgIpc) is 2.37. The Labute approximate surface area is 127 Å². The molecule has 1 aromatic rings. The Morgan fingerprint density at radius 2 is 2.05 bits per heavy atom. The number of carbonyl (C=O) groups excluding carboxylic acids is 1. The number of hydrogen-bond acceptors (Lipinski definition) is 3. The first-order valence-corrected chi connectivity index (χ1v) is 7.38. The minimum absolute atomic E-state index is 0.0509. The number of aliphatic hydroxyl groups excluding tert-OH is 1. The van der Waals surface area contributed by atoms with E-state index in [1.807, 2.05) is 52.0 Å². The van der Waals surface area contributed by atoms with Gasteiger partial charge in [-0.1, -0.05) is 32.9 Å². The highest BCUT2D eigenvalue weighted by molar-refractivity contribution is 5.81. The molecule has 118 valence electrons. The van der Waals surface area contributed by atoms with Crippen molar-refractivity contribution in [3.05, 3.63) is 29.8 Å². The fourth-order valence-electron chi connectivity index (χ4n) is 2.09. The lowest BCUT2D eigenvalue weighted by Crippen LogP contribution is -2.48. The van der Waals surface area contributed by atoms with Gasteiger partial charge in [0.15, 0.2) is 6.10 Å². The molecule has 1 aromatic carbocycles. The van der Waals surface area contributed by atoms with Crippen LogP contribution in [0.15, 0.2) is 24.3 Å². The number of amides is 1. The lowest BCUT2D eigenvalue weighted by molar-refractivity contribution is -0.128. The Kier molecular flexibility index (Phi) is 6.21. The summed E-state index contributed by atoms with van der Waals surface area (Å²) in [5, 5.41) is 12.1. The number of aryl methyl sites for hydroxylation is 1. The molecule has 0 aliphatic rings. The maximum atomic E-state index is 12.2. The molecule has 0 bridgehead atoms. The smallest absolute Gasteiger partial charge is 0.261 e. The molecule has 0 radical (unpaired) electrons. The molecule has 4 nitrogen and oxygen atoms in total. The molecule has 4 heteroatoms. The van der Waals surface area contributed by atoms with Crippen molar-refractivity contribution >= 4 is 5.91 Å². The number of benzene rings is 1. The van der Waals surface area contributed by atoms with E-state index in [-0.39, 0.29) is 24.0 Å². The number of rotatable bonds is 6. The molecule has 0 saturated heterocycles. The topological polar surface area (TPSA) is 58.6 Å². The monoisotopic (exact) mass is 293 g/mol. The quantitative estimate of drug-likeness (QED) is 0.848. The second-order valence-corrected chi connectivity index (χ2v) is 6.52. The molecule has 0 spiro atoms. The molecule has 21 heavy (non-hydrogen) atoms. The second-order valence-electron chi connectivity index (χ2n) is 6.52. The number of aliphatic hydroxyl groups is 1. The summed E-state index contributed by atoms with van der Waals surface area (Å²) in [5.74, 6) is 0.525. The molecule has 0 fully saturated rings. The standard InChI is InChI=1S/C17H27NO3/c1-12-7-6-8-14(11-12)21-13(2)16(20)18-15(9-10-19)17(3,4)5/h6-8,11,13,15,19H,9-10H2,1-5H3,(H,18,20). The summed E-state index contributed by atoms with van der Waals surface area (Å²) in [6.07, 6.45) is -0.0396. The third kappa shape index (κ3) is 5.76. The van der Waals surface area contributed by atoms with Crippen LogP contribution in [0.5, 0.6) is 5.75 Å². The van der Waals surface area contributed by atoms with Gasteiger partial charge in [-0.25, -0.2) is 0 Å². The van der Waals surface area contributed by atoms with E-state index in [4.69, 9.17) is 9.84 Å². The summed E-state index contributed by atoms with van der Waals surface area (Å²) in [5.41, 5.74) is 0.981. The third-order valence-corrected chi connectivity index (χ3v) is 3.45. The highest BCUT2D eigenvalue weighted by Crippen LogP contribution is 2.22. The van der Waals surface area contributed by atoms with Crippen LogP contribution in [0.1, 0.15) is 39.7 Å². The Bertz CT molecular complexity index is 465. The van der Waals surface area contributed by atoms with Crippen LogP contribution < -0.4 is 10.1 Å². The minimum atomic E-state index is -0.574. The Balaban J connectivity index is 2.65. The summed E-state index contributed by atoms with van der Waals surface area (Å²) >= 11 is 0. The summed E-state index contributed by atoms with van der Waals surface area (Å²) in [6.45, 7) is 9.89. The van der Waals surface area contributed by atoms with Crippen molar-refractivity contribution in [1.82, 2.24) is 5.32 Å². The first-order chi connectivity index (χ1) is 9.74. The second kappa shape index (κ2) is 7.46. The van der Waals surface area contributed by atoms with Crippen LogP contribution in [-0.4, -0.2) is 29.8 Å². The van der Waals surface area contributed by atoms with Gasteiger partial charge < -0.3 is 15.2 Å². The number of carbonyl (C=O) groups is 1. The Morgan fingerprint density at radius 3 is 2.57 bits per heavy atom. The van der Waals surface area contributed by atoms with Crippen molar-refractivity contribution in [2.24, 2.45) is 5.41 Å². The molecule has 0 aromatic heterocycles. The van der Waals surface area contributed by atoms with Gasteiger partial charge in [-0.15, -0.1) is 0 Å². The van der Waals surface area contributed by atoms with Gasteiger partial charge in [-0.3, -0.25) is 4.79 Å². The molecular formula is C17H27NO3. The normalized spacial score (nSPS) is 14.4. The zero-order chi connectivity index (χ0) is 16.0. The van der Waals surface area contributed by atoms with Gasteiger partial charge >= 0.3 is 0 Å². The van der Waals surface area contributed by atoms with Gasteiger partial charge in [0.1, 0.15) is 5.75 Å². The zero-order valence-corrected chi connectivity index (χ0v) is 13.6. The average molecular weight is 293 g/mol. The van der Waals surface area contributed by atoms with E-state index in [2.05, 4.69) is 5.32 Å². The lowest BCUT2D eigenvalue weighted by atomic mass is 9.85. The van der Waals surface area contributed by atoms with E-state index in [1.165, 1.54) is 0 Å². The zero-order valence-electron chi connectivity index (χ0n) is 13.6. The molecule has 1 amide bonds. The largest absolute Gasteiger partial charge is 0.481 e. The third-order valence-electron chi connectivity index (χ3n) is 3.45. The molecule has 0 heterocycles. The van der Waals surface area contributed by atoms with Crippen LogP contribution in [0.3, 0.4) is 0 Å². The predicted molar refractivity (Wildman–Crippen MR) is 84.4 cm³/mol. The van der Waals surface area contributed by atoms with Crippen LogP contribution in [0.4, 0.5) is 0 Å². The fourth-order valence-corrected chi connectivity index (χ4v) is 2.09. The van der Waals surface area contributed by atoms with Crippen molar-refractivity contribution in [1.29, 1.82) is 0 Å². The van der Waals surface area contributed by atoms with E-state index < -0.39 is 6.10 Å². The molecule has 0 saturated carbocycles. The molecule has 2 unspecified atom stereocenters. The highest BCUT2D eigenvalue weighted by atomic mass is 16.5. The van der Waals surface area contributed by atoms with E-state index in [1.54, 1.807) is 6.92 Å². The minimum Gasteiger partial charge on any atom is -0.481 e.